The fourth-order valence-corrected chi connectivity index (χ4v) is 2.18. The SMILES string of the molecule is CCCNCc1cnnn1-c1ccc(Br)c(OC)c1. The van der Waals surface area contributed by atoms with E-state index in [0.29, 0.717) is 0 Å². The molecular weight excluding hydrogens is 308 g/mol. The van der Waals surface area contributed by atoms with Gasteiger partial charge in [0.2, 0.25) is 0 Å². The third-order valence-corrected chi connectivity index (χ3v) is 3.39. The third-order valence-electron chi connectivity index (χ3n) is 2.73. The molecule has 0 saturated heterocycles. The Morgan fingerprint density at radius 1 is 1.42 bits per heavy atom. The van der Waals surface area contributed by atoms with Gasteiger partial charge in [-0.3, -0.25) is 0 Å². The number of benzene rings is 1. The zero-order valence-corrected chi connectivity index (χ0v) is 12.6. The molecule has 0 aliphatic rings. The van der Waals surface area contributed by atoms with Crippen LogP contribution < -0.4 is 10.1 Å². The summed E-state index contributed by atoms with van der Waals surface area (Å²) >= 11 is 3.44. The number of nitrogens with zero attached hydrogens (tertiary/aromatic N) is 3. The highest BCUT2D eigenvalue weighted by Gasteiger charge is 2.08. The van der Waals surface area contributed by atoms with E-state index in [4.69, 9.17) is 4.74 Å². The van der Waals surface area contributed by atoms with E-state index in [9.17, 15) is 0 Å². The van der Waals surface area contributed by atoms with Crippen LogP contribution in [0.5, 0.6) is 5.75 Å². The van der Waals surface area contributed by atoms with Crippen molar-refractivity contribution in [3.63, 3.8) is 0 Å². The molecule has 0 fully saturated rings. The van der Waals surface area contributed by atoms with E-state index in [2.05, 4.69) is 38.5 Å². The van der Waals surface area contributed by atoms with Crippen molar-refractivity contribution in [3.8, 4) is 11.4 Å². The minimum Gasteiger partial charge on any atom is -0.495 e. The molecule has 0 aliphatic carbocycles. The van der Waals surface area contributed by atoms with Crippen LogP contribution in [0.3, 0.4) is 0 Å². The zero-order valence-electron chi connectivity index (χ0n) is 11.1. The molecule has 0 atom stereocenters. The van der Waals surface area contributed by atoms with E-state index < -0.39 is 0 Å². The van der Waals surface area contributed by atoms with Crippen LogP contribution in [0, 0.1) is 0 Å². The Kier molecular flexibility index (Phi) is 4.93. The van der Waals surface area contributed by atoms with E-state index in [1.165, 1.54) is 0 Å². The molecule has 0 amide bonds. The van der Waals surface area contributed by atoms with Gasteiger partial charge in [-0.2, -0.15) is 0 Å². The van der Waals surface area contributed by atoms with Crippen molar-refractivity contribution in [2.24, 2.45) is 0 Å². The largest absolute Gasteiger partial charge is 0.495 e. The Morgan fingerprint density at radius 2 is 2.26 bits per heavy atom. The molecule has 0 radical (unpaired) electrons. The Morgan fingerprint density at radius 3 is 3.00 bits per heavy atom. The van der Waals surface area contributed by atoms with Crippen LogP contribution in [-0.2, 0) is 6.54 Å². The molecule has 2 rings (SSSR count). The van der Waals surface area contributed by atoms with E-state index in [1.807, 2.05) is 22.9 Å². The van der Waals surface area contributed by atoms with Gasteiger partial charge in [-0.1, -0.05) is 12.1 Å². The number of ether oxygens (including phenoxy) is 1. The summed E-state index contributed by atoms with van der Waals surface area (Å²) in [5.41, 5.74) is 1.96. The molecule has 6 heteroatoms. The number of nitrogens with one attached hydrogen (secondary N) is 1. The minimum atomic E-state index is 0.749. The first kappa shape index (κ1) is 14.0. The second kappa shape index (κ2) is 6.68. The standard InChI is InChI=1S/C13H17BrN4O/c1-3-6-15-8-11-9-16-17-18(11)10-4-5-12(14)13(7-10)19-2/h4-5,7,9,15H,3,6,8H2,1-2H3. The number of hydrogen-bond donors (Lipinski definition) is 1. The molecule has 5 nitrogen and oxygen atoms in total. The van der Waals surface area contributed by atoms with Crippen LogP contribution in [0.15, 0.2) is 28.9 Å². The van der Waals surface area contributed by atoms with E-state index in [1.54, 1.807) is 13.3 Å². The molecule has 19 heavy (non-hydrogen) atoms. The van der Waals surface area contributed by atoms with Crippen LogP contribution in [0.1, 0.15) is 19.0 Å². The highest BCUT2D eigenvalue weighted by molar-refractivity contribution is 9.10. The maximum absolute atomic E-state index is 5.30. The van der Waals surface area contributed by atoms with Crippen molar-refractivity contribution in [2.45, 2.75) is 19.9 Å². The number of methoxy groups -OCH3 is 1. The fraction of sp³-hybridized carbons (Fsp3) is 0.385. The zero-order chi connectivity index (χ0) is 13.7. The van der Waals surface area contributed by atoms with Gasteiger partial charge in [0.15, 0.2) is 0 Å². The van der Waals surface area contributed by atoms with Gasteiger partial charge in [0.05, 0.1) is 29.2 Å². The number of rotatable bonds is 6. The topological polar surface area (TPSA) is 52.0 Å². The Balaban J connectivity index is 2.24. The maximum Gasteiger partial charge on any atom is 0.135 e. The van der Waals surface area contributed by atoms with Gasteiger partial charge < -0.3 is 10.1 Å². The average molecular weight is 325 g/mol. The Labute approximate surface area is 121 Å². The Hall–Kier alpha value is -1.40. The van der Waals surface area contributed by atoms with Crippen molar-refractivity contribution in [1.29, 1.82) is 0 Å². The lowest BCUT2D eigenvalue weighted by atomic mass is 10.3. The predicted molar refractivity (Wildman–Crippen MR) is 77.6 cm³/mol. The monoisotopic (exact) mass is 324 g/mol. The van der Waals surface area contributed by atoms with E-state index in [0.717, 1.165) is 41.1 Å². The molecule has 0 spiro atoms. The maximum atomic E-state index is 5.30. The summed E-state index contributed by atoms with van der Waals surface area (Å²) in [7, 11) is 1.65. The molecular formula is C13H17BrN4O. The van der Waals surface area contributed by atoms with Gasteiger partial charge in [-0.15, -0.1) is 5.10 Å². The quantitative estimate of drug-likeness (QED) is 0.830. The van der Waals surface area contributed by atoms with Crippen molar-refractivity contribution in [1.82, 2.24) is 20.3 Å². The fourth-order valence-electron chi connectivity index (χ4n) is 1.77. The van der Waals surface area contributed by atoms with E-state index in [-0.39, 0.29) is 0 Å². The summed E-state index contributed by atoms with van der Waals surface area (Å²) < 4.78 is 8.04. The van der Waals surface area contributed by atoms with Gasteiger partial charge in [0, 0.05) is 12.6 Å². The summed E-state index contributed by atoms with van der Waals surface area (Å²) in [6, 6.07) is 5.85. The third kappa shape index (κ3) is 3.33. The summed E-state index contributed by atoms with van der Waals surface area (Å²) in [6.45, 7) is 3.87. The smallest absolute Gasteiger partial charge is 0.135 e. The van der Waals surface area contributed by atoms with Gasteiger partial charge >= 0.3 is 0 Å². The second-order valence-electron chi connectivity index (χ2n) is 4.13. The van der Waals surface area contributed by atoms with Crippen LogP contribution in [-0.4, -0.2) is 28.6 Å². The van der Waals surface area contributed by atoms with Crippen molar-refractivity contribution >= 4 is 15.9 Å². The summed E-state index contributed by atoms with van der Waals surface area (Å²) in [6.07, 6.45) is 2.88. The summed E-state index contributed by atoms with van der Waals surface area (Å²) in [4.78, 5) is 0. The normalized spacial score (nSPS) is 10.7. The Bertz CT molecular complexity index is 541. The van der Waals surface area contributed by atoms with Crippen LogP contribution in [0.4, 0.5) is 0 Å². The number of aromatic nitrogens is 3. The molecule has 1 aromatic carbocycles. The van der Waals surface area contributed by atoms with E-state index >= 15 is 0 Å². The van der Waals surface area contributed by atoms with Crippen LogP contribution in [0.2, 0.25) is 0 Å². The molecule has 2 aromatic rings. The van der Waals surface area contributed by atoms with Gasteiger partial charge in [0.1, 0.15) is 5.75 Å². The highest BCUT2D eigenvalue weighted by Crippen LogP contribution is 2.27. The molecule has 1 heterocycles. The molecule has 1 aromatic heterocycles. The van der Waals surface area contributed by atoms with Crippen molar-refractivity contribution in [2.75, 3.05) is 13.7 Å². The lowest BCUT2D eigenvalue weighted by molar-refractivity contribution is 0.411. The molecule has 102 valence electrons. The second-order valence-corrected chi connectivity index (χ2v) is 4.99. The number of halogens is 1. The first-order valence-corrected chi connectivity index (χ1v) is 6.99. The van der Waals surface area contributed by atoms with Crippen molar-refractivity contribution in [3.05, 3.63) is 34.6 Å². The highest BCUT2D eigenvalue weighted by atomic mass is 79.9. The van der Waals surface area contributed by atoms with Crippen LogP contribution >= 0.6 is 15.9 Å². The number of hydrogen-bond acceptors (Lipinski definition) is 4. The minimum absolute atomic E-state index is 0.749. The first-order valence-electron chi connectivity index (χ1n) is 6.20. The average Bonchev–Trinajstić information content (AvgIpc) is 2.88. The summed E-state index contributed by atoms with van der Waals surface area (Å²) in [5, 5.41) is 11.4. The van der Waals surface area contributed by atoms with Gasteiger partial charge in [-0.25, -0.2) is 4.68 Å². The van der Waals surface area contributed by atoms with Crippen molar-refractivity contribution < 1.29 is 4.74 Å². The van der Waals surface area contributed by atoms with Gasteiger partial charge in [-0.05, 0) is 41.0 Å². The molecule has 0 saturated carbocycles. The first-order chi connectivity index (χ1) is 9.26. The summed E-state index contributed by atoms with van der Waals surface area (Å²) in [5.74, 6) is 0.778. The van der Waals surface area contributed by atoms with Crippen LogP contribution in [0.25, 0.3) is 5.69 Å². The van der Waals surface area contributed by atoms with Gasteiger partial charge in [0.25, 0.3) is 0 Å². The lowest BCUT2D eigenvalue weighted by Gasteiger charge is -2.09. The molecule has 1 N–H and O–H groups in total. The lowest BCUT2D eigenvalue weighted by Crippen LogP contribution is -2.16. The molecule has 0 bridgehead atoms. The predicted octanol–water partition coefficient (Wildman–Crippen LogP) is 2.54. The molecule has 0 unspecified atom stereocenters. The molecule has 0 aliphatic heterocycles.